The van der Waals surface area contributed by atoms with Crippen molar-refractivity contribution in [2.75, 3.05) is 40.3 Å². The number of hydrogen-bond acceptors (Lipinski definition) is 3. The Morgan fingerprint density at radius 1 is 1.33 bits per heavy atom. The van der Waals surface area contributed by atoms with E-state index in [0.717, 1.165) is 12.0 Å². The molecule has 18 heavy (non-hydrogen) atoms. The summed E-state index contributed by atoms with van der Waals surface area (Å²) in [5.41, 5.74) is 0.324. The van der Waals surface area contributed by atoms with E-state index in [1.165, 1.54) is 51.9 Å². The summed E-state index contributed by atoms with van der Waals surface area (Å²) in [6, 6.07) is 0.778. The summed E-state index contributed by atoms with van der Waals surface area (Å²) in [6.07, 6.45) is 5.38. The molecular formula is C15H31N3. The Morgan fingerprint density at radius 2 is 2.11 bits per heavy atom. The van der Waals surface area contributed by atoms with Crippen LogP contribution in [-0.4, -0.2) is 61.7 Å². The standard InChI is InChI=1S/C15H31N3/c1-15(2)11-14(5-8-16-15)18(4)10-7-13-6-9-17(3)12-13/h13-14,16H,5-12H2,1-4H3. The van der Waals surface area contributed by atoms with Gasteiger partial charge < -0.3 is 15.1 Å². The van der Waals surface area contributed by atoms with Gasteiger partial charge in [0.25, 0.3) is 0 Å². The van der Waals surface area contributed by atoms with Crippen LogP contribution < -0.4 is 5.32 Å². The van der Waals surface area contributed by atoms with E-state index >= 15 is 0 Å². The fraction of sp³-hybridized carbons (Fsp3) is 1.00. The number of rotatable bonds is 4. The molecule has 2 unspecified atom stereocenters. The van der Waals surface area contributed by atoms with E-state index in [9.17, 15) is 0 Å². The molecule has 2 atom stereocenters. The van der Waals surface area contributed by atoms with Gasteiger partial charge in [0.1, 0.15) is 0 Å². The van der Waals surface area contributed by atoms with Gasteiger partial charge in [-0.25, -0.2) is 0 Å². The summed E-state index contributed by atoms with van der Waals surface area (Å²) < 4.78 is 0. The zero-order valence-corrected chi connectivity index (χ0v) is 12.7. The SMILES string of the molecule is CN1CCC(CCN(C)C2CCNC(C)(C)C2)C1. The van der Waals surface area contributed by atoms with Crippen molar-refractivity contribution in [3.05, 3.63) is 0 Å². The van der Waals surface area contributed by atoms with Gasteiger partial charge in [0, 0.05) is 18.1 Å². The van der Waals surface area contributed by atoms with E-state index in [-0.39, 0.29) is 0 Å². The van der Waals surface area contributed by atoms with Gasteiger partial charge in [-0.05, 0) is 79.2 Å². The third-order valence-corrected chi connectivity index (χ3v) is 4.83. The molecule has 0 saturated carbocycles. The largest absolute Gasteiger partial charge is 0.312 e. The minimum atomic E-state index is 0.324. The van der Waals surface area contributed by atoms with Crippen molar-refractivity contribution in [2.45, 2.75) is 51.1 Å². The summed E-state index contributed by atoms with van der Waals surface area (Å²) in [4.78, 5) is 5.08. The molecule has 3 heteroatoms. The summed E-state index contributed by atoms with van der Waals surface area (Å²) in [7, 11) is 4.57. The summed E-state index contributed by atoms with van der Waals surface area (Å²) in [5.74, 6) is 0.937. The average molecular weight is 253 g/mol. The lowest BCUT2D eigenvalue weighted by atomic mass is 9.88. The topological polar surface area (TPSA) is 18.5 Å². The van der Waals surface area contributed by atoms with E-state index in [1.807, 2.05) is 0 Å². The van der Waals surface area contributed by atoms with Crippen molar-refractivity contribution in [3.63, 3.8) is 0 Å². The lowest BCUT2D eigenvalue weighted by molar-refractivity contribution is 0.138. The summed E-state index contributed by atoms with van der Waals surface area (Å²) >= 11 is 0. The van der Waals surface area contributed by atoms with Crippen LogP contribution in [0, 0.1) is 5.92 Å². The minimum Gasteiger partial charge on any atom is -0.312 e. The molecule has 3 nitrogen and oxygen atoms in total. The molecule has 2 heterocycles. The zero-order valence-electron chi connectivity index (χ0n) is 12.7. The van der Waals surface area contributed by atoms with E-state index in [4.69, 9.17) is 0 Å². The molecule has 0 aromatic heterocycles. The van der Waals surface area contributed by atoms with Gasteiger partial charge in [0.2, 0.25) is 0 Å². The lowest BCUT2D eigenvalue weighted by Gasteiger charge is -2.41. The van der Waals surface area contributed by atoms with Gasteiger partial charge >= 0.3 is 0 Å². The van der Waals surface area contributed by atoms with Crippen LogP contribution in [0.1, 0.15) is 39.5 Å². The van der Waals surface area contributed by atoms with Crippen LogP contribution >= 0.6 is 0 Å². The normalized spacial score (nSPS) is 33.2. The molecule has 0 aliphatic carbocycles. The van der Waals surface area contributed by atoms with Gasteiger partial charge in [-0.1, -0.05) is 0 Å². The van der Waals surface area contributed by atoms with Gasteiger partial charge in [-0.2, -0.15) is 0 Å². The Hall–Kier alpha value is -0.120. The van der Waals surface area contributed by atoms with Crippen LogP contribution in [0.25, 0.3) is 0 Å². The van der Waals surface area contributed by atoms with Crippen LogP contribution in [0.2, 0.25) is 0 Å². The van der Waals surface area contributed by atoms with E-state index in [1.54, 1.807) is 0 Å². The van der Waals surface area contributed by atoms with E-state index in [0.29, 0.717) is 5.54 Å². The first kappa shape index (κ1) is 14.3. The molecule has 0 aromatic carbocycles. The molecule has 0 spiro atoms. The maximum atomic E-state index is 3.61. The zero-order chi connectivity index (χ0) is 13.2. The van der Waals surface area contributed by atoms with Gasteiger partial charge in [-0.15, -0.1) is 0 Å². The quantitative estimate of drug-likeness (QED) is 0.824. The highest BCUT2D eigenvalue weighted by atomic mass is 15.2. The maximum Gasteiger partial charge on any atom is 0.0140 e. The van der Waals surface area contributed by atoms with Crippen LogP contribution in [0.3, 0.4) is 0 Å². The second kappa shape index (κ2) is 5.89. The van der Waals surface area contributed by atoms with Crippen LogP contribution in [0.4, 0.5) is 0 Å². The second-order valence-corrected chi connectivity index (χ2v) is 7.14. The van der Waals surface area contributed by atoms with Crippen molar-refractivity contribution in [3.8, 4) is 0 Å². The molecule has 0 amide bonds. The Kier molecular flexibility index (Phi) is 4.68. The van der Waals surface area contributed by atoms with Crippen molar-refractivity contribution in [1.29, 1.82) is 0 Å². The molecule has 2 aliphatic heterocycles. The van der Waals surface area contributed by atoms with Crippen LogP contribution in [0.15, 0.2) is 0 Å². The van der Waals surface area contributed by atoms with Crippen LogP contribution in [-0.2, 0) is 0 Å². The fourth-order valence-electron chi connectivity index (χ4n) is 3.55. The molecule has 2 saturated heterocycles. The summed E-state index contributed by atoms with van der Waals surface area (Å²) in [6.45, 7) is 9.73. The molecule has 0 radical (unpaired) electrons. The molecule has 106 valence electrons. The smallest absolute Gasteiger partial charge is 0.0140 e. The number of nitrogens with zero attached hydrogens (tertiary/aromatic N) is 2. The fourth-order valence-corrected chi connectivity index (χ4v) is 3.55. The van der Waals surface area contributed by atoms with Crippen molar-refractivity contribution in [2.24, 2.45) is 5.92 Å². The van der Waals surface area contributed by atoms with Crippen molar-refractivity contribution < 1.29 is 0 Å². The lowest BCUT2D eigenvalue weighted by Crippen LogP contribution is -2.52. The van der Waals surface area contributed by atoms with Crippen molar-refractivity contribution >= 4 is 0 Å². The van der Waals surface area contributed by atoms with E-state index in [2.05, 4.69) is 43.1 Å². The van der Waals surface area contributed by atoms with E-state index < -0.39 is 0 Å². The van der Waals surface area contributed by atoms with Crippen molar-refractivity contribution in [1.82, 2.24) is 15.1 Å². The highest BCUT2D eigenvalue weighted by Crippen LogP contribution is 2.24. The van der Waals surface area contributed by atoms with Gasteiger partial charge in [-0.3, -0.25) is 0 Å². The highest BCUT2D eigenvalue weighted by molar-refractivity contribution is 4.90. The third-order valence-electron chi connectivity index (χ3n) is 4.83. The predicted molar refractivity (Wildman–Crippen MR) is 78.0 cm³/mol. The number of piperidine rings is 1. The molecule has 2 rings (SSSR count). The monoisotopic (exact) mass is 253 g/mol. The number of likely N-dealkylation sites (tertiary alicyclic amines) is 1. The molecule has 1 N–H and O–H groups in total. The van der Waals surface area contributed by atoms with Crippen LogP contribution in [0.5, 0.6) is 0 Å². The molecule has 0 aromatic rings. The Labute approximate surface area is 113 Å². The average Bonchev–Trinajstić information content (AvgIpc) is 2.70. The molecule has 2 aliphatic rings. The Morgan fingerprint density at radius 3 is 2.72 bits per heavy atom. The third kappa shape index (κ3) is 3.94. The second-order valence-electron chi connectivity index (χ2n) is 7.14. The Balaban J connectivity index is 1.72. The number of nitrogens with one attached hydrogen (secondary N) is 1. The number of hydrogen-bond donors (Lipinski definition) is 1. The predicted octanol–water partition coefficient (Wildman–Crippen LogP) is 1.79. The first-order chi connectivity index (χ1) is 8.46. The maximum absolute atomic E-state index is 3.61. The minimum absolute atomic E-state index is 0.324. The van der Waals surface area contributed by atoms with Gasteiger partial charge in [0.05, 0.1) is 0 Å². The van der Waals surface area contributed by atoms with Gasteiger partial charge in [0.15, 0.2) is 0 Å². The first-order valence-corrected chi connectivity index (χ1v) is 7.60. The summed E-state index contributed by atoms with van der Waals surface area (Å²) in [5, 5.41) is 3.61. The Bertz CT molecular complexity index is 264. The highest BCUT2D eigenvalue weighted by Gasteiger charge is 2.30. The molecular weight excluding hydrogens is 222 g/mol. The first-order valence-electron chi connectivity index (χ1n) is 7.60. The molecule has 2 fully saturated rings. The molecule has 0 bridgehead atoms.